The molecule has 0 bridgehead atoms. The molecule has 0 aliphatic rings. The van der Waals surface area contributed by atoms with Crippen LogP contribution in [0.3, 0.4) is 0 Å². The molecule has 0 saturated carbocycles. The van der Waals surface area contributed by atoms with E-state index >= 15 is 0 Å². The SMILES string of the molecule is O=C(Cc1ncco1)Nc1ccc2c(C=C(C(=O)O)c3ccccc3)c[nH]c2n1. The molecule has 1 amide bonds. The lowest BCUT2D eigenvalue weighted by atomic mass is 10.0. The van der Waals surface area contributed by atoms with Crippen molar-refractivity contribution in [2.45, 2.75) is 6.42 Å². The van der Waals surface area contributed by atoms with Crippen LogP contribution in [0.4, 0.5) is 5.82 Å². The number of nitrogens with one attached hydrogen (secondary N) is 2. The van der Waals surface area contributed by atoms with Crippen LogP contribution in [0.5, 0.6) is 0 Å². The van der Waals surface area contributed by atoms with E-state index in [2.05, 4.69) is 20.3 Å². The average Bonchev–Trinajstić information content (AvgIpc) is 3.36. The predicted octanol–water partition coefficient (Wildman–Crippen LogP) is 3.36. The number of fused-ring (bicyclic) bond motifs is 1. The van der Waals surface area contributed by atoms with Gasteiger partial charge in [0.25, 0.3) is 0 Å². The molecule has 0 fully saturated rings. The van der Waals surface area contributed by atoms with Gasteiger partial charge >= 0.3 is 5.97 Å². The van der Waals surface area contributed by atoms with Gasteiger partial charge in [0.2, 0.25) is 11.8 Å². The van der Waals surface area contributed by atoms with E-state index in [9.17, 15) is 14.7 Å². The summed E-state index contributed by atoms with van der Waals surface area (Å²) in [5, 5.41) is 13.0. The van der Waals surface area contributed by atoms with Crippen LogP contribution in [0.25, 0.3) is 22.7 Å². The lowest BCUT2D eigenvalue weighted by molar-refractivity contribution is -0.130. The summed E-state index contributed by atoms with van der Waals surface area (Å²) in [5.74, 6) is -0.636. The number of benzene rings is 1. The van der Waals surface area contributed by atoms with Crippen LogP contribution < -0.4 is 5.32 Å². The number of nitrogens with zero attached hydrogens (tertiary/aromatic N) is 2. The fourth-order valence-corrected chi connectivity index (χ4v) is 2.92. The van der Waals surface area contributed by atoms with E-state index in [0.717, 1.165) is 5.39 Å². The summed E-state index contributed by atoms with van der Waals surface area (Å²) in [5.41, 5.74) is 2.00. The molecule has 4 rings (SSSR count). The number of pyridine rings is 1. The molecule has 3 N–H and O–H groups in total. The molecule has 0 radical (unpaired) electrons. The van der Waals surface area contributed by atoms with Crippen LogP contribution in [0.15, 0.2) is 65.5 Å². The minimum Gasteiger partial charge on any atom is -0.478 e. The molecule has 29 heavy (non-hydrogen) atoms. The second-order valence-electron chi connectivity index (χ2n) is 6.22. The lowest BCUT2D eigenvalue weighted by Crippen LogP contribution is -2.15. The summed E-state index contributed by atoms with van der Waals surface area (Å²) in [6.07, 6.45) is 6.16. The first-order valence-electron chi connectivity index (χ1n) is 8.77. The third-order valence-corrected chi connectivity index (χ3v) is 4.25. The zero-order valence-corrected chi connectivity index (χ0v) is 15.1. The number of carbonyl (C=O) groups excluding carboxylic acids is 1. The molecule has 4 aromatic rings. The Morgan fingerprint density at radius 2 is 2.00 bits per heavy atom. The van der Waals surface area contributed by atoms with Crippen molar-refractivity contribution in [3.05, 3.63) is 78.1 Å². The number of aliphatic carboxylic acids is 1. The minimum absolute atomic E-state index is 0.00444. The first-order valence-corrected chi connectivity index (χ1v) is 8.77. The maximum absolute atomic E-state index is 12.1. The quantitative estimate of drug-likeness (QED) is 0.436. The summed E-state index contributed by atoms with van der Waals surface area (Å²) >= 11 is 0. The molecule has 0 saturated heterocycles. The van der Waals surface area contributed by atoms with E-state index in [1.807, 2.05) is 6.07 Å². The molecule has 0 aliphatic carbocycles. The van der Waals surface area contributed by atoms with Crippen molar-refractivity contribution in [1.82, 2.24) is 15.0 Å². The van der Waals surface area contributed by atoms with Gasteiger partial charge in [0.05, 0.1) is 11.8 Å². The van der Waals surface area contributed by atoms with Gasteiger partial charge in [0.15, 0.2) is 0 Å². The number of rotatable bonds is 6. The summed E-state index contributed by atoms with van der Waals surface area (Å²) in [6.45, 7) is 0. The number of oxazole rings is 1. The standard InChI is InChI=1S/C21H16N4O4/c26-18(11-19-22-8-9-29-19)24-17-7-6-15-14(12-23-20(15)25-17)10-16(21(27)28)13-4-2-1-3-5-13/h1-10,12H,11H2,(H,27,28)(H2,23,24,25,26). The van der Waals surface area contributed by atoms with Crippen molar-refractivity contribution in [3.8, 4) is 0 Å². The van der Waals surface area contributed by atoms with Gasteiger partial charge in [-0.05, 0) is 23.8 Å². The fraction of sp³-hybridized carbons (Fsp3) is 0.0476. The molecular weight excluding hydrogens is 372 g/mol. The van der Waals surface area contributed by atoms with Crippen molar-refractivity contribution in [2.24, 2.45) is 0 Å². The smallest absolute Gasteiger partial charge is 0.336 e. The molecule has 3 aromatic heterocycles. The Morgan fingerprint density at radius 1 is 1.17 bits per heavy atom. The first kappa shape index (κ1) is 18.2. The molecule has 0 aliphatic heterocycles. The van der Waals surface area contributed by atoms with Gasteiger partial charge in [-0.15, -0.1) is 0 Å². The summed E-state index contributed by atoms with van der Waals surface area (Å²) in [4.78, 5) is 35.1. The first-order chi connectivity index (χ1) is 14.1. The number of carbonyl (C=O) groups is 2. The molecular formula is C21H16N4O4. The van der Waals surface area contributed by atoms with Crippen molar-refractivity contribution < 1.29 is 19.1 Å². The van der Waals surface area contributed by atoms with Gasteiger partial charge in [-0.1, -0.05) is 30.3 Å². The molecule has 144 valence electrons. The number of carboxylic acid groups (broad SMARTS) is 1. The Morgan fingerprint density at radius 3 is 2.72 bits per heavy atom. The summed E-state index contributed by atoms with van der Waals surface area (Å²) < 4.78 is 5.06. The zero-order chi connectivity index (χ0) is 20.2. The number of aromatic amines is 1. The van der Waals surface area contributed by atoms with Gasteiger partial charge in [-0.2, -0.15) is 0 Å². The van der Waals surface area contributed by atoms with E-state index in [1.54, 1.807) is 48.7 Å². The number of amides is 1. The average molecular weight is 388 g/mol. The summed E-state index contributed by atoms with van der Waals surface area (Å²) in [6, 6.07) is 12.3. The van der Waals surface area contributed by atoms with Crippen LogP contribution in [0.1, 0.15) is 17.0 Å². The molecule has 8 nitrogen and oxygen atoms in total. The van der Waals surface area contributed by atoms with Crippen LogP contribution in [-0.4, -0.2) is 31.9 Å². The van der Waals surface area contributed by atoms with Gasteiger partial charge < -0.3 is 19.8 Å². The monoisotopic (exact) mass is 388 g/mol. The molecule has 3 heterocycles. The van der Waals surface area contributed by atoms with Crippen molar-refractivity contribution in [2.75, 3.05) is 5.32 Å². The van der Waals surface area contributed by atoms with E-state index in [4.69, 9.17) is 4.42 Å². The van der Waals surface area contributed by atoms with Gasteiger partial charge in [0, 0.05) is 17.1 Å². The highest BCUT2D eigenvalue weighted by Crippen LogP contribution is 2.24. The Balaban J connectivity index is 1.59. The molecule has 0 unspecified atom stereocenters. The van der Waals surface area contributed by atoms with Gasteiger partial charge in [0.1, 0.15) is 24.1 Å². The number of anilines is 1. The highest BCUT2D eigenvalue weighted by Gasteiger charge is 2.13. The number of H-pyrrole nitrogens is 1. The predicted molar refractivity (Wildman–Crippen MR) is 107 cm³/mol. The molecule has 8 heteroatoms. The van der Waals surface area contributed by atoms with E-state index in [-0.39, 0.29) is 17.9 Å². The Kier molecular flexibility index (Phi) is 4.90. The van der Waals surface area contributed by atoms with Gasteiger partial charge in [-0.3, -0.25) is 4.79 Å². The maximum Gasteiger partial charge on any atom is 0.336 e. The number of carboxylic acids is 1. The van der Waals surface area contributed by atoms with Crippen LogP contribution in [-0.2, 0) is 16.0 Å². The molecule has 0 atom stereocenters. The van der Waals surface area contributed by atoms with Crippen LogP contribution >= 0.6 is 0 Å². The van der Waals surface area contributed by atoms with E-state index in [1.165, 1.54) is 12.5 Å². The van der Waals surface area contributed by atoms with Crippen LogP contribution in [0.2, 0.25) is 0 Å². The third-order valence-electron chi connectivity index (χ3n) is 4.25. The lowest BCUT2D eigenvalue weighted by Gasteiger charge is -2.04. The molecule has 1 aromatic carbocycles. The maximum atomic E-state index is 12.1. The largest absolute Gasteiger partial charge is 0.478 e. The highest BCUT2D eigenvalue weighted by atomic mass is 16.4. The minimum atomic E-state index is -1.02. The number of aromatic nitrogens is 3. The normalized spacial score (nSPS) is 11.5. The van der Waals surface area contributed by atoms with Crippen molar-refractivity contribution in [3.63, 3.8) is 0 Å². The van der Waals surface area contributed by atoms with Crippen molar-refractivity contribution in [1.29, 1.82) is 0 Å². The Labute approximate surface area is 164 Å². The highest BCUT2D eigenvalue weighted by molar-refractivity contribution is 6.21. The van der Waals surface area contributed by atoms with Gasteiger partial charge in [-0.25, -0.2) is 14.8 Å². The summed E-state index contributed by atoms with van der Waals surface area (Å²) in [7, 11) is 0. The molecule has 0 spiro atoms. The van der Waals surface area contributed by atoms with E-state index in [0.29, 0.717) is 28.5 Å². The topological polar surface area (TPSA) is 121 Å². The fourth-order valence-electron chi connectivity index (χ4n) is 2.92. The van der Waals surface area contributed by atoms with Crippen molar-refractivity contribution >= 4 is 40.4 Å². The second kappa shape index (κ2) is 7.81. The Bertz CT molecular complexity index is 1190. The zero-order valence-electron chi connectivity index (χ0n) is 15.1. The van der Waals surface area contributed by atoms with Crippen LogP contribution in [0, 0.1) is 0 Å². The third kappa shape index (κ3) is 4.06. The second-order valence-corrected chi connectivity index (χ2v) is 6.22. The number of hydrogen-bond donors (Lipinski definition) is 3. The number of hydrogen-bond acceptors (Lipinski definition) is 5. The Hall–Kier alpha value is -4.20. The van der Waals surface area contributed by atoms with E-state index < -0.39 is 5.97 Å².